The Kier molecular flexibility index (Phi) is 3.41. The van der Waals surface area contributed by atoms with E-state index in [1.807, 2.05) is 13.1 Å². The summed E-state index contributed by atoms with van der Waals surface area (Å²) < 4.78 is 5.33. The lowest BCUT2D eigenvalue weighted by atomic mass is 10.1. The zero-order valence-corrected chi connectivity index (χ0v) is 9.94. The highest BCUT2D eigenvalue weighted by molar-refractivity contribution is 5.48. The van der Waals surface area contributed by atoms with Crippen LogP contribution in [0.1, 0.15) is 24.1 Å². The number of rotatable bonds is 2. The largest absolute Gasteiger partial charge is 0.378 e. The van der Waals surface area contributed by atoms with E-state index >= 15 is 0 Å². The van der Waals surface area contributed by atoms with Gasteiger partial charge in [-0.05, 0) is 31.0 Å². The van der Waals surface area contributed by atoms with Gasteiger partial charge in [-0.2, -0.15) is 0 Å². The molecule has 1 atom stereocenters. The van der Waals surface area contributed by atoms with Gasteiger partial charge in [-0.25, -0.2) is 4.98 Å². The van der Waals surface area contributed by atoms with E-state index in [1.165, 1.54) is 5.56 Å². The van der Waals surface area contributed by atoms with Crippen LogP contribution in [-0.2, 0) is 4.74 Å². The zero-order valence-electron chi connectivity index (χ0n) is 9.94. The Morgan fingerprint density at radius 1 is 1.44 bits per heavy atom. The molecule has 0 aliphatic carbocycles. The molecule has 0 aromatic carbocycles. The maximum absolute atomic E-state index is 5.84. The molecule has 0 radical (unpaired) electrons. The van der Waals surface area contributed by atoms with Crippen molar-refractivity contribution in [2.24, 2.45) is 5.73 Å². The van der Waals surface area contributed by atoms with Gasteiger partial charge in [-0.1, -0.05) is 0 Å². The summed E-state index contributed by atoms with van der Waals surface area (Å²) in [4.78, 5) is 6.78. The van der Waals surface area contributed by atoms with Gasteiger partial charge in [-0.3, -0.25) is 0 Å². The molecule has 0 amide bonds. The highest BCUT2D eigenvalue weighted by Crippen LogP contribution is 2.21. The molecule has 2 N–H and O–H groups in total. The summed E-state index contributed by atoms with van der Waals surface area (Å²) in [6, 6.07) is 2.17. The fourth-order valence-corrected chi connectivity index (χ4v) is 1.94. The van der Waals surface area contributed by atoms with Crippen LogP contribution in [0.5, 0.6) is 0 Å². The smallest absolute Gasteiger partial charge is 0.131 e. The quantitative estimate of drug-likeness (QED) is 0.816. The first-order valence-corrected chi connectivity index (χ1v) is 5.73. The van der Waals surface area contributed by atoms with Gasteiger partial charge in [0, 0.05) is 25.3 Å². The minimum atomic E-state index is 0.0462. The second-order valence-corrected chi connectivity index (χ2v) is 4.30. The first-order valence-electron chi connectivity index (χ1n) is 5.73. The van der Waals surface area contributed by atoms with Crippen molar-refractivity contribution in [3.8, 4) is 0 Å². The van der Waals surface area contributed by atoms with Crippen molar-refractivity contribution in [3.05, 3.63) is 23.4 Å². The van der Waals surface area contributed by atoms with Gasteiger partial charge in [-0.15, -0.1) is 0 Å². The molecule has 1 saturated heterocycles. The van der Waals surface area contributed by atoms with E-state index in [0.29, 0.717) is 0 Å². The van der Waals surface area contributed by atoms with Crippen molar-refractivity contribution < 1.29 is 4.74 Å². The lowest BCUT2D eigenvalue weighted by Gasteiger charge is -2.29. The minimum absolute atomic E-state index is 0.0462. The number of hydrogen-bond acceptors (Lipinski definition) is 4. The van der Waals surface area contributed by atoms with E-state index in [1.54, 1.807) is 0 Å². The van der Waals surface area contributed by atoms with Gasteiger partial charge >= 0.3 is 0 Å². The standard InChI is InChI=1S/C12H19N3O/c1-9-7-11(10(2)13)8-14-12(9)15-3-5-16-6-4-15/h7-8,10H,3-6,13H2,1-2H3/t10-/m1/s1. The van der Waals surface area contributed by atoms with Crippen molar-refractivity contribution in [2.45, 2.75) is 19.9 Å². The molecule has 1 aromatic heterocycles. The van der Waals surface area contributed by atoms with E-state index < -0.39 is 0 Å². The van der Waals surface area contributed by atoms with E-state index in [2.05, 4.69) is 22.9 Å². The Balaban J connectivity index is 2.21. The number of morpholine rings is 1. The third-order valence-corrected chi connectivity index (χ3v) is 2.91. The highest BCUT2D eigenvalue weighted by atomic mass is 16.5. The molecule has 1 aliphatic heterocycles. The van der Waals surface area contributed by atoms with Crippen molar-refractivity contribution in [3.63, 3.8) is 0 Å². The summed E-state index contributed by atoms with van der Waals surface area (Å²) in [5, 5.41) is 0. The number of nitrogens with zero attached hydrogens (tertiary/aromatic N) is 2. The molecule has 16 heavy (non-hydrogen) atoms. The molecule has 0 saturated carbocycles. The summed E-state index contributed by atoms with van der Waals surface area (Å²) in [5.41, 5.74) is 8.12. The van der Waals surface area contributed by atoms with Gasteiger partial charge in [0.15, 0.2) is 0 Å². The van der Waals surface area contributed by atoms with Gasteiger partial charge in [0.1, 0.15) is 5.82 Å². The summed E-state index contributed by atoms with van der Waals surface area (Å²) in [5.74, 6) is 1.06. The Morgan fingerprint density at radius 2 is 2.12 bits per heavy atom. The van der Waals surface area contributed by atoms with Crippen LogP contribution in [-0.4, -0.2) is 31.3 Å². The first kappa shape index (κ1) is 11.4. The van der Waals surface area contributed by atoms with Crippen LogP contribution in [0, 0.1) is 6.92 Å². The summed E-state index contributed by atoms with van der Waals surface area (Å²) >= 11 is 0. The van der Waals surface area contributed by atoms with Crippen molar-refractivity contribution >= 4 is 5.82 Å². The Hall–Kier alpha value is -1.13. The maximum atomic E-state index is 5.84. The first-order chi connectivity index (χ1) is 7.68. The summed E-state index contributed by atoms with van der Waals surface area (Å²) in [6.07, 6.45) is 1.88. The molecule has 0 unspecified atom stereocenters. The Labute approximate surface area is 96.4 Å². The predicted octanol–water partition coefficient (Wildman–Crippen LogP) is 1.25. The van der Waals surface area contributed by atoms with Gasteiger partial charge in [0.25, 0.3) is 0 Å². The van der Waals surface area contributed by atoms with Crippen LogP contribution in [0.15, 0.2) is 12.3 Å². The lowest BCUT2D eigenvalue weighted by Crippen LogP contribution is -2.37. The van der Waals surface area contributed by atoms with Gasteiger partial charge in [0.05, 0.1) is 13.2 Å². The minimum Gasteiger partial charge on any atom is -0.378 e. The van der Waals surface area contributed by atoms with Crippen LogP contribution in [0.4, 0.5) is 5.82 Å². The molecule has 4 heteroatoms. The second kappa shape index (κ2) is 4.80. The van der Waals surface area contributed by atoms with E-state index in [0.717, 1.165) is 37.7 Å². The molecule has 0 spiro atoms. The summed E-state index contributed by atoms with van der Waals surface area (Å²) in [7, 11) is 0. The number of anilines is 1. The molecular formula is C12H19N3O. The number of hydrogen-bond donors (Lipinski definition) is 1. The van der Waals surface area contributed by atoms with Crippen LogP contribution < -0.4 is 10.6 Å². The maximum Gasteiger partial charge on any atom is 0.131 e. The second-order valence-electron chi connectivity index (χ2n) is 4.30. The van der Waals surface area contributed by atoms with Crippen LogP contribution in [0.3, 0.4) is 0 Å². The van der Waals surface area contributed by atoms with Gasteiger partial charge in [0.2, 0.25) is 0 Å². The molecule has 1 aliphatic rings. The van der Waals surface area contributed by atoms with Crippen molar-refractivity contribution in [1.82, 2.24) is 4.98 Å². The Bertz CT molecular complexity index is 359. The topological polar surface area (TPSA) is 51.4 Å². The molecule has 2 heterocycles. The van der Waals surface area contributed by atoms with Crippen LogP contribution in [0.2, 0.25) is 0 Å². The molecule has 1 aromatic rings. The normalized spacial score (nSPS) is 18.6. The number of aromatic nitrogens is 1. The predicted molar refractivity (Wildman–Crippen MR) is 64.6 cm³/mol. The molecule has 2 rings (SSSR count). The highest BCUT2D eigenvalue weighted by Gasteiger charge is 2.15. The number of aryl methyl sites for hydroxylation is 1. The number of ether oxygens (including phenoxy) is 1. The van der Waals surface area contributed by atoms with E-state index in [4.69, 9.17) is 10.5 Å². The molecular weight excluding hydrogens is 202 g/mol. The lowest BCUT2D eigenvalue weighted by molar-refractivity contribution is 0.122. The monoisotopic (exact) mass is 221 g/mol. The molecule has 0 bridgehead atoms. The molecule has 1 fully saturated rings. The average molecular weight is 221 g/mol. The van der Waals surface area contributed by atoms with E-state index in [-0.39, 0.29) is 6.04 Å². The molecule has 88 valence electrons. The SMILES string of the molecule is Cc1cc([C@@H](C)N)cnc1N1CCOCC1. The summed E-state index contributed by atoms with van der Waals surface area (Å²) in [6.45, 7) is 7.48. The number of nitrogens with two attached hydrogens (primary N) is 1. The number of pyridine rings is 1. The van der Waals surface area contributed by atoms with Crippen molar-refractivity contribution in [1.29, 1.82) is 0 Å². The van der Waals surface area contributed by atoms with Crippen LogP contribution >= 0.6 is 0 Å². The third-order valence-electron chi connectivity index (χ3n) is 2.91. The fourth-order valence-electron chi connectivity index (χ4n) is 1.94. The average Bonchev–Trinajstić information content (AvgIpc) is 2.30. The van der Waals surface area contributed by atoms with Crippen molar-refractivity contribution in [2.75, 3.05) is 31.2 Å². The van der Waals surface area contributed by atoms with Gasteiger partial charge < -0.3 is 15.4 Å². The van der Waals surface area contributed by atoms with E-state index in [9.17, 15) is 0 Å². The third kappa shape index (κ3) is 2.33. The molecule has 4 nitrogen and oxygen atoms in total. The Morgan fingerprint density at radius 3 is 2.69 bits per heavy atom. The fraction of sp³-hybridized carbons (Fsp3) is 0.583. The van der Waals surface area contributed by atoms with Crippen LogP contribution in [0.25, 0.3) is 0 Å². The zero-order chi connectivity index (χ0) is 11.5.